The zero-order chi connectivity index (χ0) is 19.1. The van der Waals surface area contributed by atoms with Crippen LogP contribution in [-0.2, 0) is 6.42 Å². The van der Waals surface area contributed by atoms with Gasteiger partial charge in [-0.25, -0.2) is 9.97 Å². The van der Waals surface area contributed by atoms with E-state index < -0.39 is 0 Å². The van der Waals surface area contributed by atoms with Gasteiger partial charge in [0.15, 0.2) is 0 Å². The summed E-state index contributed by atoms with van der Waals surface area (Å²) < 4.78 is 5.14. The highest BCUT2D eigenvalue weighted by atomic mass is 16.5. The van der Waals surface area contributed by atoms with Gasteiger partial charge in [-0.3, -0.25) is 4.79 Å². The Morgan fingerprint density at radius 1 is 1.04 bits per heavy atom. The highest BCUT2D eigenvalue weighted by Gasteiger charge is 2.10. The van der Waals surface area contributed by atoms with E-state index in [-0.39, 0.29) is 5.91 Å². The molecule has 2 aromatic carbocycles. The van der Waals surface area contributed by atoms with Gasteiger partial charge in [-0.2, -0.15) is 0 Å². The lowest BCUT2D eigenvalue weighted by atomic mass is 10.1. The summed E-state index contributed by atoms with van der Waals surface area (Å²) in [5, 5.41) is 6.10. The number of aromatic nitrogens is 2. The molecule has 2 N–H and O–H groups in total. The number of nitrogens with one attached hydrogen (secondary N) is 2. The minimum atomic E-state index is -0.217. The standard InChI is InChI=1S/C21H22N4O2/c1-15-23-19(14-20(24-15)25-17-6-4-3-5-7-17)21(26)22-13-12-16-8-10-18(27-2)11-9-16/h3-11,14H,12-13H2,1-2H3,(H,22,26)(H,23,24,25). The zero-order valence-corrected chi connectivity index (χ0v) is 15.4. The smallest absolute Gasteiger partial charge is 0.270 e. The molecule has 3 rings (SSSR count). The molecule has 1 aromatic heterocycles. The Morgan fingerprint density at radius 3 is 2.48 bits per heavy atom. The van der Waals surface area contributed by atoms with E-state index in [4.69, 9.17) is 4.74 Å². The molecule has 27 heavy (non-hydrogen) atoms. The van der Waals surface area contributed by atoms with Crippen molar-refractivity contribution in [1.82, 2.24) is 15.3 Å². The van der Waals surface area contributed by atoms with Crippen LogP contribution in [0.1, 0.15) is 21.9 Å². The fourth-order valence-electron chi connectivity index (χ4n) is 2.62. The second kappa shape index (κ2) is 8.80. The van der Waals surface area contributed by atoms with Gasteiger partial charge in [-0.15, -0.1) is 0 Å². The van der Waals surface area contributed by atoms with Crippen LogP contribution in [0.5, 0.6) is 5.75 Å². The Hall–Kier alpha value is -3.41. The van der Waals surface area contributed by atoms with E-state index in [9.17, 15) is 4.79 Å². The molecule has 3 aromatic rings. The first-order valence-corrected chi connectivity index (χ1v) is 8.73. The predicted octanol–water partition coefficient (Wildman–Crippen LogP) is 3.51. The molecule has 0 aliphatic rings. The highest BCUT2D eigenvalue weighted by Crippen LogP contribution is 2.15. The summed E-state index contributed by atoms with van der Waals surface area (Å²) in [5.41, 5.74) is 2.37. The minimum absolute atomic E-state index is 0.217. The summed E-state index contributed by atoms with van der Waals surface area (Å²) in [4.78, 5) is 21.0. The van der Waals surface area contributed by atoms with Crippen molar-refractivity contribution in [3.8, 4) is 5.75 Å². The summed E-state index contributed by atoms with van der Waals surface area (Å²) in [5.74, 6) is 1.73. The van der Waals surface area contributed by atoms with Gasteiger partial charge in [-0.1, -0.05) is 30.3 Å². The maximum Gasteiger partial charge on any atom is 0.270 e. The third kappa shape index (κ3) is 5.28. The largest absolute Gasteiger partial charge is 0.497 e. The van der Waals surface area contributed by atoms with E-state index in [0.29, 0.717) is 23.9 Å². The maximum absolute atomic E-state index is 12.4. The topological polar surface area (TPSA) is 76.1 Å². The summed E-state index contributed by atoms with van der Waals surface area (Å²) >= 11 is 0. The first-order chi connectivity index (χ1) is 13.1. The number of anilines is 2. The normalized spacial score (nSPS) is 10.3. The van der Waals surface area contributed by atoms with E-state index in [1.54, 1.807) is 20.1 Å². The van der Waals surface area contributed by atoms with Crippen LogP contribution in [0.25, 0.3) is 0 Å². The minimum Gasteiger partial charge on any atom is -0.497 e. The molecule has 6 nitrogen and oxygen atoms in total. The number of carbonyl (C=O) groups excluding carboxylic acids is 1. The second-order valence-corrected chi connectivity index (χ2v) is 6.03. The number of hydrogen-bond acceptors (Lipinski definition) is 5. The number of rotatable bonds is 7. The lowest BCUT2D eigenvalue weighted by Gasteiger charge is -2.09. The molecular formula is C21H22N4O2. The number of nitrogens with zero attached hydrogens (tertiary/aromatic N) is 2. The van der Waals surface area contributed by atoms with Crippen LogP contribution in [0.2, 0.25) is 0 Å². The van der Waals surface area contributed by atoms with Crippen molar-refractivity contribution in [1.29, 1.82) is 0 Å². The molecule has 1 heterocycles. The first kappa shape index (κ1) is 18.4. The molecule has 0 saturated heterocycles. The van der Waals surface area contributed by atoms with Crippen LogP contribution < -0.4 is 15.4 Å². The van der Waals surface area contributed by atoms with Crippen molar-refractivity contribution in [2.75, 3.05) is 19.0 Å². The molecule has 0 spiro atoms. The average molecular weight is 362 g/mol. The number of para-hydroxylation sites is 1. The monoisotopic (exact) mass is 362 g/mol. The zero-order valence-electron chi connectivity index (χ0n) is 15.4. The number of amides is 1. The van der Waals surface area contributed by atoms with Crippen molar-refractivity contribution < 1.29 is 9.53 Å². The molecule has 0 aliphatic carbocycles. The second-order valence-electron chi connectivity index (χ2n) is 6.03. The van der Waals surface area contributed by atoms with Gasteiger partial charge in [0.1, 0.15) is 23.1 Å². The van der Waals surface area contributed by atoms with Crippen molar-refractivity contribution in [2.24, 2.45) is 0 Å². The van der Waals surface area contributed by atoms with Gasteiger partial charge in [0, 0.05) is 18.3 Å². The third-order valence-electron chi connectivity index (χ3n) is 3.98. The van der Waals surface area contributed by atoms with Crippen LogP contribution in [0.3, 0.4) is 0 Å². The van der Waals surface area contributed by atoms with Crippen molar-refractivity contribution in [3.05, 3.63) is 77.7 Å². The summed E-state index contributed by atoms with van der Waals surface area (Å²) in [6.45, 7) is 2.29. The van der Waals surface area contributed by atoms with Gasteiger partial charge >= 0.3 is 0 Å². The lowest BCUT2D eigenvalue weighted by Crippen LogP contribution is -2.27. The van der Waals surface area contributed by atoms with Crippen LogP contribution in [-0.4, -0.2) is 29.5 Å². The lowest BCUT2D eigenvalue weighted by molar-refractivity contribution is 0.0949. The van der Waals surface area contributed by atoms with Crippen molar-refractivity contribution in [3.63, 3.8) is 0 Å². The van der Waals surface area contributed by atoms with E-state index in [2.05, 4.69) is 20.6 Å². The molecule has 0 bridgehead atoms. The highest BCUT2D eigenvalue weighted by molar-refractivity contribution is 5.93. The number of hydrogen-bond donors (Lipinski definition) is 2. The van der Waals surface area contributed by atoms with E-state index >= 15 is 0 Å². The van der Waals surface area contributed by atoms with Crippen LogP contribution in [0, 0.1) is 6.92 Å². The Labute approximate surface area is 158 Å². The quantitative estimate of drug-likeness (QED) is 0.673. The first-order valence-electron chi connectivity index (χ1n) is 8.73. The molecule has 1 amide bonds. The fraction of sp³-hybridized carbons (Fsp3) is 0.190. The molecule has 0 radical (unpaired) electrons. The van der Waals surface area contributed by atoms with Gasteiger partial charge in [0.2, 0.25) is 0 Å². The van der Waals surface area contributed by atoms with Gasteiger partial charge in [0.25, 0.3) is 5.91 Å². The van der Waals surface area contributed by atoms with Gasteiger partial charge in [-0.05, 0) is 43.2 Å². The summed E-state index contributed by atoms with van der Waals surface area (Å²) in [6, 6.07) is 19.1. The van der Waals surface area contributed by atoms with E-state index in [1.165, 1.54) is 0 Å². The molecule has 0 atom stereocenters. The Morgan fingerprint density at radius 2 is 1.78 bits per heavy atom. The number of aryl methyl sites for hydroxylation is 1. The fourth-order valence-corrected chi connectivity index (χ4v) is 2.62. The Balaban J connectivity index is 1.60. The number of carbonyl (C=O) groups is 1. The maximum atomic E-state index is 12.4. The van der Waals surface area contributed by atoms with Gasteiger partial charge in [0.05, 0.1) is 7.11 Å². The van der Waals surface area contributed by atoms with Crippen LogP contribution in [0.15, 0.2) is 60.7 Å². The molecule has 6 heteroatoms. The van der Waals surface area contributed by atoms with E-state index in [0.717, 1.165) is 23.4 Å². The third-order valence-corrected chi connectivity index (χ3v) is 3.98. The molecule has 0 unspecified atom stereocenters. The molecule has 0 saturated carbocycles. The van der Waals surface area contributed by atoms with E-state index in [1.807, 2.05) is 54.6 Å². The Kier molecular flexibility index (Phi) is 5.99. The molecule has 138 valence electrons. The van der Waals surface area contributed by atoms with Crippen LogP contribution >= 0.6 is 0 Å². The summed E-state index contributed by atoms with van der Waals surface area (Å²) in [7, 11) is 1.64. The Bertz CT molecular complexity index is 896. The van der Waals surface area contributed by atoms with Crippen molar-refractivity contribution >= 4 is 17.4 Å². The number of benzene rings is 2. The SMILES string of the molecule is COc1ccc(CCNC(=O)c2cc(Nc3ccccc3)nc(C)n2)cc1. The van der Waals surface area contributed by atoms with Crippen LogP contribution in [0.4, 0.5) is 11.5 Å². The number of ether oxygens (including phenoxy) is 1. The van der Waals surface area contributed by atoms with Crippen molar-refractivity contribution in [2.45, 2.75) is 13.3 Å². The molecule has 0 aliphatic heterocycles. The van der Waals surface area contributed by atoms with Gasteiger partial charge < -0.3 is 15.4 Å². The summed E-state index contributed by atoms with van der Waals surface area (Å²) in [6.07, 6.45) is 0.731. The average Bonchev–Trinajstić information content (AvgIpc) is 2.69. The number of methoxy groups -OCH3 is 1. The molecular weight excluding hydrogens is 340 g/mol. The molecule has 0 fully saturated rings. The predicted molar refractivity (Wildman–Crippen MR) is 106 cm³/mol.